The summed E-state index contributed by atoms with van der Waals surface area (Å²) < 4.78 is 10.8. The Morgan fingerprint density at radius 3 is 2.74 bits per heavy atom. The maximum Gasteiger partial charge on any atom is 0.233 e. The summed E-state index contributed by atoms with van der Waals surface area (Å²) >= 11 is 1.63. The first kappa shape index (κ1) is 15.7. The van der Waals surface area contributed by atoms with Gasteiger partial charge >= 0.3 is 0 Å². The molecule has 1 saturated heterocycles. The van der Waals surface area contributed by atoms with E-state index in [1.807, 2.05) is 47.5 Å². The fourth-order valence-electron chi connectivity index (χ4n) is 2.43. The third-order valence-corrected chi connectivity index (χ3v) is 4.85. The Labute approximate surface area is 139 Å². The van der Waals surface area contributed by atoms with E-state index >= 15 is 0 Å². The monoisotopic (exact) mass is 330 g/mol. The fraction of sp³-hybridized carbons (Fsp3) is 0.294. The van der Waals surface area contributed by atoms with Crippen molar-refractivity contribution in [2.45, 2.75) is 5.37 Å². The molecule has 5 nitrogen and oxygen atoms in total. The van der Waals surface area contributed by atoms with Gasteiger partial charge in [-0.2, -0.15) is 0 Å². The first-order valence-corrected chi connectivity index (χ1v) is 8.40. The van der Waals surface area contributed by atoms with E-state index in [1.165, 1.54) is 0 Å². The maximum absolute atomic E-state index is 12.1. The van der Waals surface area contributed by atoms with Gasteiger partial charge in [0.15, 0.2) is 0 Å². The number of carbonyl (C=O) groups excluding carboxylic acids is 1. The Kier molecular flexibility index (Phi) is 5.02. The van der Waals surface area contributed by atoms with Crippen LogP contribution >= 0.6 is 11.8 Å². The largest absolute Gasteiger partial charge is 0.497 e. The van der Waals surface area contributed by atoms with Crippen molar-refractivity contribution in [3.05, 3.63) is 54.4 Å². The van der Waals surface area contributed by atoms with Gasteiger partial charge in [-0.1, -0.05) is 6.07 Å². The molecule has 1 aliphatic rings. The SMILES string of the molecule is COc1ccc(OCCN2C(=O)CSC2c2cccnc2)cc1. The van der Waals surface area contributed by atoms with Crippen molar-refractivity contribution in [3.8, 4) is 11.5 Å². The van der Waals surface area contributed by atoms with Gasteiger partial charge in [-0.3, -0.25) is 9.78 Å². The molecule has 1 aliphatic heterocycles. The zero-order valence-corrected chi connectivity index (χ0v) is 13.7. The number of rotatable bonds is 6. The summed E-state index contributed by atoms with van der Waals surface area (Å²) in [6.07, 6.45) is 3.55. The van der Waals surface area contributed by atoms with Crippen molar-refractivity contribution in [2.75, 3.05) is 26.0 Å². The van der Waals surface area contributed by atoms with Gasteiger partial charge in [0.1, 0.15) is 23.5 Å². The van der Waals surface area contributed by atoms with E-state index in [2.05, 4.69) is 4.98 Å². The van der Waals surface area contributed by atoms with Crippen molar-refractivity contribution >= 4 is 17.7 Å². The molecule has 0 spiro atoms. The molecule has 0 aliphatic carbocycles. The van der Waals surface area contributed by atoms with E-state index < -0.39 is 0 Å². The summed E-state index contributed by atoms with van der Waals surface area (Å²) in [6.45, 7) is 1.01. The van der Waals surface area contributed by atoms with Gasteiger partial charge in [0.25, 0.3) is 0 Å². The van der Waals surface area contributed by atoms with Gasteiger partial charge in [0.05, 0.1) is 19.4 Å². The van der Waals surface area contributed by atoms with E-state index in [4.69, 9.17) is 9.47 Å². The molecule has 2 aromatic rings. The highest BCUT2D eigenvalue weighted by molar-refractivity contribution is 8.00. The van der Waals surface area contributed by atoms with Crippen LogP contribution in [-0.2, 0) is 4.79 Å². The molecule has 2 heterocycles. The van der Waals surface area contributed by atoms with E-state index in [0.717, 1.165) is 17.1 Å². The van der Waals surface area contributed by atoms with E-state index in [0.29, 0.717) is 18.9 Å². The van der Waals surface area contributed by atoms with Gasteiger partial charge < -0.3 is 14.4 Å². The summed E-state index contributed by atoms with van der Waals surface area (Å²) in [4.78, 5) is 18.1. The van der Waals surface area contributed by atoms with Crippen LogP contribution in [0, 0.1) is 0 Å². The number of methoxy groups -OCH3 is 1. The molecule has 120 valence electrons. The lowest BCUT2D eigenvalue weighted by Gasteiger charge is -2.24. The summed E-state index contributed by atoms with van der Waals surface area (Å²) in [6, 6.07) is 11.3. The second-order valence-electron chi connectivity index (χ2n) is 5.06. The topological polar surface area (TPSA) is 51.7 Å². The molecular formula is C17H18N2O3S. The standard InChI is InChI=1S/C17H18N2O3S/c1-21-14-4-6-15(7-5-14)22-10-9-19-16(20)12-23-17(19)13-3-2-8-18-11-13/h2-8,11,17H,9-10,12H2,1H3. The molecule has 0 N–H and O–H groups in total. The average molecular weight is 330 g/mol. The van der Waals surface area contributed by atoms with Crippen molar-refractivity contribution in [1.82, 2.24) is 9.88 Å². The predicted octanol–water partition coefficient (Wildman–Crippen LogP) is 2.74. The smallest absolute Gasteiger partial charge is 0.233 e. The highest BCUT2D eigenvalue weighted by Gasteiger charge is 2.32. The van der Waals surface area contributed by atoms with Gasteiger partial charge in [-0.25, -0.2) is 0 Å². The number of hydrogen-bond acceptors (Lipinski definition) is 5. The lowest BCUT2D eigenvalue weighted by atomic mass is 10.2. The Balaban J connectivity index is 1.58. The van der Waals surface area contributed by atoms with Crippen molar-refractivity contribution in [3.63, 3.8) is 0 Å². The number of carbonyl (C=O) groups is 1. The Morgan fingerprint density at radius 1 is 1.26 bits per heavy atom. The molecule has 1 atom stereocenters. The van der Waals surface area contributed by atoms with Crippen LogP contribution in [0.3, 0.4) is 0 Å². The molecule has 6 heteroatoms. The number of aromatic nitrogens is 1. The van der Waals surface area contributed by atoms with Crippen LogP contribution in [0.5, 0.6) is 11.5 Å². The minimum absolute atomic E-state index is 0.0238. The van der Waals surface area contributed by atoms with Crippen molar-refractivity contribution < 1.29 is 14.3 Å². The summed E-state index contributed by atoms with van der Waals surface area (Å²) in [5.74, 6) is 2.20. The summed E-state index contributed by atoms with van der Waals surface area (Å²) in [5.41, 5.74) is 1.05. The van der Waals surface area contributed by atoms with Gasteiger partial charge in [-0.05, 0) is 30.3 Å². The number of pyridine rings is 1. The zero-order chi connectivity index (χ0) is 16.1. The predicted molar refractivity (Wildman–Crippen MR) is 89.6 cm³/mol. The van der Waals surface area contributed by atoms with Crippen LogP contribution in [-0.4, -0.2) is 41.8 Å². The van der Waals surface area contributed by atoms with Gasteiger partial charge in [-0.15, -0.1) is 11.8 Å². The molecule has 1 unspecified atom stereocenters. The number of ether oxygens (including phenoxy) is 2. The molecule has 1 amide bonds. The van der Waals surface area contributed by atoms with Crippen LogP contribution in [0.25, 0.3) is 0 Å². The first-order valence-electron chi connectivity index (χ1n) is 7.36. The lowest BCUT2D eigenvalue weighted by molar-refractivity contribution is -0.128. The van der Waals surface area contributed by atoms with Crippen molar-refractivity contribution in [2.24, 2.45) is 0 Å². The molecule has 0 radical (unpaired) electrons. The first-order chi connectivity index (χ1) is 11.3. The average Bonchev–Trinajstić information content (AvgIpc) is 2.97. The van der Waals surface area contributed by atoms with Crippen molar-refractivity contribution in [1.29, 1.82) is 0 Å². The van der Waals surface area contributed by atoms with E-state index in [-0.39, 0.29) is 11.3 Å². The molecule has 0 saturated carbocycles. The highest BCUT2D eigenvalue weighted by Crippen LogP contribution is 2.37. The van der Waals surface area contributed by atoms with Gasteiger partial charge in [0.2, 0.25) is 5.91 Å². The second kappa shape index (κ2) is 7.37. The number of nitrogens with zero attached hydrogens (tertiary/aromatic N) is 2. The third kappa shape index (κ3) is 3.76. The van der Waals surface area contributed by atoms with E-state index in [1.54, 1.807) is 25.1 Å². The quantitative estimate of drug-likeness (QED) is 0.815. The number of amides is 1. The maximum atomic E-state index is 12.1. The molecule has 1 fully saturated rings. The zero-order valence-electron chi connectivity index (χ0n) is 12.8. The van der Waals surface area contributed by atoms with Crippen LogP contribution < -0.4 is 9.47 Å². The molecular weight excluding hydrogens is 312 g/mol. The summed E-state index contributed by atoms with van der Waals surface area (Å²) in [5, 5.41) is 0.0238. The number of thioether (sulfide) groups is 1. The number of benzene rings is 1. The van der Waals surface area contributed by atoms with Gasteiger partial charge in [0, 0.05) is 18.0 Å². The van der Waals surface area contributed by atoms with Crippen LogP contribution in [0.4, 0.5) is 0 Å². The third-order valence-electron chi connectivity index (χ3n) is 3.60. The minimum atomic E-state index is 0.0238. The Bertz CT molecular complexity index is 649. The highest BCUT2D eigenvalue weighted by atomic mass is 32.2. The fourth-order valence-corrected chi connectivity index (χ4v) is 3.63. The Hall–Kier alpha value is -2.21. The molecule has 1 aromatic carbocycles. The molecule has 3 rings (SSSR count). The molecule has 23 heavy (non-hydrogen) atoms. The molecule has 1 aromatic heterocycles. The minimum Gasteiger partial charge on any atom is -0.497 e. The van der Waals surface area contributed by atoms with Crippen LogP contribution in [0.15, 0.2) is 48.8 Å². The lowest BCUT2D eigenvalue weighted by Crippen LogP contribution is -2.32. The number of hydrogen-bond donors (Lipinski definition) is 0. The van der Waals surface area contributed by atoms with E-state index in [9.17, 15) is 4.79 Å². The molecule has 0 bridgehead atoms. The Morgan fingerprint density at radius 2 is 2.04 bits per heavy atom. The van der Waals surface area contributed by atoms with Crippen LogP contribution in [0.2, 0.25) is 0 Å². The normalized spacial score (nSPS) is 17.3. The van der Waals surface area contributed by atoms with Crippen LogP contribution in [0.1, 0.15) is 10.9 Å². The second-order valence-corrected chi connectivity index (χ2v) is 6.13. The summed E-state index contributed by atoms with van der Waals surface area (Å²) in [7, 11) is 1.63.